The van der Waals surface area contributed by atoms with Gasteiger partial charge in [0.15, 0.2) is 0 Å². The van der Waals surface area contributed by atoms with Gasteiger partial charge in [0.2, 0.25) is 11.8 Å². The fourth-order valence-electron chi connectivity index (χ4n) is 2.05. The molecule has 0 radical (unpaired) electrons. The van der Waals surface area contributed by atoms with Crippen molar-refractivity contribution in [3.8, 4) is 0 Å². The molecule has 0 spiro atoms. The summed E-state index contributed by atoms with van der Waals surface area (Å²) in [6, 6.07) is 9.07. The molecule has 1 heterocycles. The van der Waals surface area contributed by atoms with Crippen molar-refractivity contribution in [2.45, 2.75) is 6.42 Å². The van der Waals surface area contributed by atoms with E-state index in [4.69, 9.17) is 16.0 Å². The zero-order valence-electron chi connectivity index (χ0n) is 12.1. The van der Waals surface area contributed by atoms with Gasteiger partial charge in [0.1, 0.15) is 11.6 Å². The molecule has 122 valence electrons. The number of hydrogen-bond acceptors (Lipinski definition) is 3. The van der Waals surface area contributed by atoms with E-state index in [0.717, 1.165) is 0 Å². The summed E-state index contributed by atoms with van der Waals surface area (Å²) in [7, 11) is 0. The van der Waals surface area contributed by atoms with Crippen molar-refractivity contribution >= 4 is 39.7 Å². The molecule has 3 rings (SSSR count). The first-order chi connectivity index (χ1) is 11.5. The Bertz CT molecular complexity index is 911. The number of aromatic nitrogens is 2. The molecule has 3 nitrogen and oxygen atoms in total. The van der Waals surface area contributed by atoms with Crippen LogP contribution in [0.25, 0.3) is 12.2 Å². The Morgan fingerprint density at radius 1 is 1.12 bits per heavy atom. The number of halogens is 4. The molecule has 0 aliphatic rings. The summed E-state index contributed by atoms with van der Waals surface area (Å²) in [6.07, 6.45) is 3.38. The predicted octanol–water partition coefficient (Wildman–Crippen LogP) is 5.52. The summed E-state index contributed by atoms with van der Waals surface area (Å²) in [4.78, 5) is 0. The van der Waals surface area contributed by atoms with Crippen LogP contribution < -0.4 is 0 Å². The lowest BCUT2D eigenvalue weighted by Gasteiger charge is -2.00. The standard InChI is InChI=1S/C17H10BrClF2N2O/c18-13-3-1-2-11(17(13)21)8-16-23-22-15(24-16)7-5-10-4-6-12(20)9-14(10)19/h1-7,9H,8H2. The molecule has 3 aromatic rings. The maximum Gasteiger partial charge on any atom is 0.240 e. The van der Waals surface area contributed by atoms with Crippen LogP contribution in [0.3, 0.4) is 0 Å². The molecule has 0 fully saturated rings. The maximum absolute atomic E-state index is 13.9. The molecule has 0 aliphatic heterocycles. The largest absolute Gasteiger partial charge is 0.421 e. The first kappa shape index (κ1) is 16.8. The summed E-state index contributed by atoms with van der Waals surface area (Å²) in [6.45, 7) is 0. The van der Waals surface area contributed by atoms with Gasteiger partial charge in [-0.05, 0) is 51.3 Å². The lowest BCUT2D eigenvalue weighted by molar-refractivity contribution is 0.491. The second-order valence-corrected chi connectivity index (χ2v) is 6.18. The summed E-state index contributed by atoms with van der Waals surface area (Å²) < 4.78 is 32.8. The van der Waals surface area contributed by atoms with E-state index < -0.39 is 5.82 Å². The van der Waals surface area contributed by atoms with E-state index in [1.165, 1.54) is 12.1 Å². The van der Waals surface area contributed by atoms with Gasteiger partial charge in [-0.3, -0.25) is 0 Å². The topological polar surface area (TPSA) is 38.9 Å². The van der Waals surface area contributed by atoms with Crippen LogP contribution in [-0.2, 0) is 6.42 Å². The molecule has 0 bridgehead atoms. The highest BCUT2D eigenvalue weighted by Crippen LogP contribution is 2.22. The monoisotopic (exact) mass is 410 g/mol. The van der Waals surface area contributed by atoms with Gasteiger partial charge in [0, 0.05) is 6.08 Å². The minimum absolute atomic E-state index is 0.184. The Labute approximate surface area is 150 Å². The second kappa shape index (κ2) is 7.23. The zero-order valence-corrected chi connectivity index (χ0v) is 14.5. The minimum Gasteiger partial charge on any atom is -0.421 e. The summed E-state index contributed by atoms with van der Waals surface area (Å²) in [5.74, 6) is -0.225. The molecule has 2 aromatic carbocycles. The molecule has 0 unspecified atom stereocenters. The van der Waals surface area contributed by atoms with Crippen LogP contribution in [0.2, 0.25) is 5.02 Å². The lowest BCUT2D eigenvalue weighted by atomic mass is 10.1. The quantitative estimate of drug-likeness (QED) is 0.567. The van der Waals surface area contributed by atoms with Crippen LogP contribution in [0.5, 0.6) is 0 Å². The summed E-state index contributed by atoms with van der Waals surface area (Å²) in [5, 5.41) is 8.04. The van der Waals surface area contributed by atoms with E-state index in [-0.39, 0.29) is 29.0 Å². The molecular formula is C17H10BrClF2N2O. The Kier molecular flexibility index (Phi) is 5.06. The van der Waals surface area contributed by atoms with Crippen molar-refractivity contribution in [1.29, 1.82) is 0 Å². The van der Waals surface area contributed by atoms with Gasteiger partial charge in [0.25, 0.3) is 0 Å². The smallest absolute Gasteiger partial charge is 0.240 e. The Balaban J connectivity index is 1.76. The predicted molar refractivity (Wildman–Crippen MR) is 91.5 cm³/mol. The van der Waals surface area contributed by atoms with Crippen LogP contribution in [0.4, 0.5) is 8.78 Å². The second-order valence-electron chi connectivity index (χ2n) is 4.92. The first-order valence-electron chi connectivity index (χ1n) is 6.91. The van der Waals surface area contributed by atoms with Crippen molar-refractivity contribution in [2.75, 3.05) is 0 Å². The van der Waals surface area contributed by atoms with Crippen molar-refractivity contribution < 1.29 is 13.2 Å². The van der Waals surface area contributed by atoms with Crippen LogP contribution in [0, 0.1) is 11.6 Å². The normalized spacial score (nSPS) is 11.3. The van der Waals surface area contributed by atoms with E-state index in [1.54, 1.807) is 36.4 Å². The van der Waals surface area contributed by atoms with Gasteiger partial charge in [-0.25, -0.2) is 8.78 Å². The van der Waals surface area contributed by atoms with Gasteiger partial charge in [-0.15, -0.1) is 10.2 Å². The van der Waals surface area contributed by atoms with Crippen LogP contribution >= 0.6 is 27.5 Å². The number of hydrogen-bond donors (Lipinski definition) is 0. The SMILES string of the molecule is Fc1ccc(C=Cc2nnc(Cc3cccc(Br)c3F)o2)c(Cl)c1. The van der Waals surface area contributed by atoms with E-state index in [2.05, 4.69) is 26.1 Å². The van der Waals surface area contributed by atoms with Crippen molar-refractivity contribution in [1.82, 2.24) is 10.2 Å². The van der Waals surface area contributed by atoms with Crippen molar-refractivity contribution in [3.63, 3.8) is 0 Å². The zero-order chi connectivity index (χ0) is 17.1. The van der Waals surface area contributed by atoms with Crippen molar-refractivity contribution in [2.24, 2.45) is 0 Å². The minimum atomic E-state index is -0.409. The van der Waals surface area contributed by atoms with E-state index in [1.807, 2.05) is 0 Å². The fourth-order valence-corrected chi connectivity index (χ4v) is 2.69. The molecular weight excluding hydrogens is 402 g/mol. The third kappa shape index (κ3) is 3.88. The average Bonchev–Trinajstić information content (AvgIpc) is 2.99. The fraction of sp³-hybridized carbons (Fsp3) is 0.0588. The first-order valence-corrected chi connectivity index (χ1v) is 8.08. The molecule has 0 N–H and O–H groups in total. The van der Waals surface area contributed by atoms with Crippen LogP contribution in [-0.4, -0.2) is 10.2 Å². The average molecular weight is 412 g/mol. The highest BCUT2D eigenvalue weighted by Gasteiger charge is 2.11. The molecule has 0 saturated carbocycles. The van der Waals surface area contributed by atoms with Crippen molar-refractivity contribution in [3.05, 3.63) is 80.4 Å². The highest BCUT2D eigenvalue weighted by atomic mass is 79.9. The number of benzene rings is 2. The Morgan fingerprint density at radius 2 is 1.96 bits per heavy atom. The molecule has 0 amide bonds. The van der Waals surface area contributed by atoms with E-state index in [9.17, 15) is 8.78 Å². The van der Waals surface area contributed by atoms with Gasteiger partial charge in [-0.1, -0.05) is 29.8 Å². The molecule has 0 aliphatic carbocycles. The molecule has 24 heavy (non-hydrogen) atoms. The van der Waals surface area contributed by atoms with Gasteiger partial charge < -0.3 is 4.42 Å². The molecule has 0 saturated heterocycles. The maximum atomic E-state index is 13.9. The third-order valence-electron chi connectivity index (χ3n) is 3.22. The summed E-state index contributed by atoms with van der Waals surface area (Å²) >= 11 is 9.07. The number of rotatable bonds is 4. The molecule has 0 atom stereocenters. The third-order valence-corrected chi connectivity index (χ3v) is 4.16. The molecule has 7 heteroatoms. The lowest BCUT2D eigenvalue weighted by Crippen LogP contribution is -1.93. The highest BCUT2D eigenvalue weighted by molar-refractivity contribution is 9.10. The molecule has 1 aromatic heterocycles. The van der Waals surface area contributed by atoms with Gasteiger partial charge in [0.05, 0.1) is 15.9 Å². The summed E-state index contributed by atoms with van der Waals surface area (Å²) in [5.41, 5.74) is 1.07. The number of nitrogens with zero attached hydrogens (tertiary/aromatic N) is 2. The van der Waals surface area contributed by atoms with Gasteiger partial charge >= 0.3 is 0 Å². The van der Waals surface area contributed by atoms with Gasteiger partial charge in [-0.2, -0.15) is 0 Å². The van der Waals surface area contributed by atoms with Crippen LogP contribution in [0.15, 0.2) is 45.3 Å². The van der Waals surface area contributed by atoms with E-state index in [0.29, 0.717) is 15.6 Å². The van der Waals surface area contributed by atoms with Crippen LogP contribution in [0.1, 0.15) is 22.9 Å². The Morgan fingerprint density at radius 3 is 2.75 bits per heavy atom. The van der Waals surface area contributed by atoms with E-state index >= 15 is 0 Å². The Hall–Kier alpha value is -2.05.